The molecule has 0 radical (unpaired) electrons. The monoisotopic (exact) mass is 558 g/mol. The molecule has 12 heteroatoms. The van der Waals surface area contributed by atoms with Crippen molar-refractivity contribution >= 4 is 17.6 Å². The number of nitrogens with zero attached hydrogens (tertiary/aromatic N) is 2. The van der Waals surface area contributed by atoms with Crippen molar-refractivity contribution in [2.75, 3.05) is 72.8 Å². The lowest BCUT2D eigenvalue weighted by Crippen LogP contribution is -2.27. The van der Waals surface area contributed by atoms with E-state index in [1.165, 1.54) is 19.2 Å². The average Bonchev–Trinajstić information content (AvgIpc) is 3.49. The van der Waals surface area contributed by atoms with E-state index in [-0.39, 0.29) is 5.82 Å². The molecule has 1 aliphatic rings. The van der Waals surface area contributed by atoms with Gasteiger partial charge in [-0.25, -0.2) is 9.18 Å². The fourth-order valence-corrected chi connectivity index (χ4v) is 4.40. The van der Waals surface area contributed by atoms with Gasteiger partial charge in [0.05, 0.1) is 73.2 Å². The number of alkyl carbamates (subject to hydrolysis) is 1. The maximum absolute atomic E-state index is 13.8. The number of carbonyl (C=O) groups is 1. The SMILES string of the molecule is COC(=O)NCCOCCOCCOCCn1nc(Nc2cccc(F)c2)c2c1-c1cc(OC)c(OC)cc1C2. The Bertz CT molecular complexity index is 1280. The number of rotatable bonds is 16. The number of anilines is 2. The van der Waals surface area contributed by atoms with Crippen LogP contribution in [0, 0.1) is 5.82 Å². The third-order valence-corrected chi connectivity index (χ3v) is 6.26. The Labute approximate surface area is 232 Å². The third kappa shape index (κ3) is 7.40. The summed E-state index contributed by atoms with van der Waals surface area (Å²) in [5, 5.41) is 10.6. The lowest BCUT2D eigenvalue weighted by molar-refractivity contribution is 0.0134. The fraction of sp³-hybridized carbons (Fsp3) is 0.429. The zero-order chi connectivity index (χ0) is 28.3. The highest BCUT2D eigenvalue weighted by Gasteiger charge is 2.29. The molecule has 0 unspecified atom stereocenters. The highest BCUT2D eigenvalue weighted by atomic mass is 19.1. The summed E-state index contributed by atoms with van der Waals surface area (Å²) in [5.41, 5.74) is 4.71. The van der Waals surface area contributed by atoms with Crippen molar-refractivity contribution in [1.29, 1.82) is 0 Å². The molecule has 2 N–H and O–H groups in total. The zero-order valence-electron chi connectivity index (χ0n) is 23.0. The zero-order valence-corrected chi connectivity index (χ0v) is 23.0. The Kier molecular flexibility index (Phi) is 10.6. The van der Waals surface area contributed by atoms with Crippen molar-refractivity contribution < 1.29 is 37.6 Å². The van der Waals surface area contributed by atoms with Gasteiger partial charge >= 0.3 is 6.09 Å². The molecule has 1 aromatic heterocycles. The summed E-state index contributed by atoms with van der Waals surface area (Å²) < 4.78 is 47.9. The normalized spacial score (nSPS) is 11.6. The third-order valence-electron chi connectivity index (χ3n) is 6.26. The Morgan fingerprint density at radius 2 is 1.65 bits per heavy atom. The molecule has 216 valence electrons. The van der Waals surface area contributed by atoms with E-state index in [9.17, 15) is 9.18 Å². The molecule has 1 aliphatic carbocycles. The summed E-state index contributed by atoms with van der Waals surface area (Å²) >= 11 is 0. The van der Waals surface area contributed by atoms with Crippen molar-refractivity contribution in [3.63, 3.8) is 0 Å². The van der Waals surface area contributed by atoms with Crippen molar-refractivity contribution in [3.8, 4) is 22.8 Å². The predicted molar refractivity (Wildman–Crippen MR) is 146 cm³/mol. The van der Waals surface area contributed by atoms with Gasteiger partial charge in [0.25, 0.3) is 0 Å². The number of amides is 1. The molecule has 0 aliphatic heterocycles. The molecule has 0 fully saturated rings. The van der Waals surface area contributed by atoms with E-state index in [0.29, 0.717) is 82.2 Å². The van der Waals surface area contributed by atoms with Gasteiger partial charge in [-0.2, -0.15) is 5.10 Å². The van der Waals surface area contributed by atoms with E-state index < -0.39 is 6.09 Å². The lowest BCUT2D eigenvalue weighted by Gasteiger charge is -2.12. The summed E-state index contributed by atoms with van der Waals surface area (Å²) in [5.74, 6) is 1.65. The van der Waals surface area contributed by atoms with Gasteiger partial charge in [0.2, 0.25) is 0 Å². The van der Waals surface area contributed by atoms with Crippen molar-refractivity contribution in [3.05, 3.63) is 53.3 Å². The molecule has 1 amide bonds. The number of ether oxygens (including phenoxy) is 6. The van der Waals surface area contributed by atoms with E-state index in [2.05, 4.69) is 15.4 Å². The fourth-order valence-electron chi connectivity index (χ4n) is 4.40. The van der Waals surface area contributed by atoms with E-state index >= 15 is 0 Å². The first-order valence-electron chi connectivity index (χ1n) is 13.0. The van der Waals surface area contributed by atoms with Gasteiger partial charge in [0.15, 0.2) is 17.3 Å². The van der Waals surface area contributed by atoms with Crippen molar-refractivity contribution in [1.82, 2.24) is 15.1 Å². The summed E-state index contributed by atoms with van der Waals surface area (Å²) in [6, 6.07) is 10.2. The first kappa shape index (κ1) is 29.1. The summed E-state index contributed by atoms with van der Waals surface area (Å²) in [4.78, 5) is 11.0. The van der Waals surface area contributed by atoms with Gasteiger partial charge in [-0.1, -0.05) is 6.07 Å². The lowest BCUT2D eigenvalue weighted by atomic mass is 10.1. The quantitative estimate of drug-likeness (QED) is 0.198. The van der Waals surface area contributed by atoms with Crippen LogP contribution in [0.5, 0.6) is 11.5 Å². The molecule has 0 saturated heterocycles. The molecular formula is C28H35FN4O7. The number of benzene rings is 2. The topological polar surface area (TPSA) is 114 Å². The number of nitrogens with one attached hydrogen (secondary N) is 2. The van der Waals surface area contributed by atoms with Crippen molar-refractivity contribution in [2.24, 2.45) is 0 Å². The van der Waals surface area contributed by atoms with Crippen molar-refractivity contribution in [2.45, 2.75) is 13.0 Å². The Morgan fingerprint density at radius 1 is 0.950 bits per heavy atom. The molecule has 0 spiro atoms. The maximum Gasteiger partial charge on any atom is 0.406 e. The van der Waals surface area contributed by atoms with Crippen LogP contribution in [0.25, 0.3) is 11.3 Å². The molecule has 2 aromatic carbocycles. The van der Waals surface area contributed by atoms with Crippen LogP contribution in [-0.2, 0) is 31.9 Å². The number of aromatic nitrogens is 2. The molecule has 40 heavy (non-hydrogen) atoms. The molecule has 0 bridgehead atoms. The molecular weight excluding hydrogens is 523 g/mol. The van der Waals surface area contributed by atoms with Gasteiger partial charge in [0, 0.05) is 29.8 Å². The largest absolute Gasteiger partial charge is 0.493 e. The average molecular weight is 559 g/mol. The minimum Gasteiger partial charge on any atom is -0.493 e. The maximum atomic E-state index is 13.8. The van der Waals surface area contributed by atoms with Crippen LogP contribution in [0.3, 0.4) is 0 Å². The first-order valence-corrected chi connectivity index (χ1v) is 13.0. The van der Waals surface area contributed by atoms with Gasteiger partial charge in [-0.3, -0.25) is 4.68 Å². The molecule has 4 rings (SSSR count). The van der Waals surface area contributed by atoms with Crippen LogP contribution in [0.1, 0.15) is 11.1 Å². The van der Waals surface area contributed by atoms with Crippen LogP contribution in [-0.4, -0.2) is 83.4 Å². The first-order chi connectivity index (χ1) is 19.5. The predicted octanol–water partition coefficient (Wildman–Crippen LogP) is 3.76. The Morgan fingerprint density at radius 3 is 2.35 bits per heavy atom. The molecule has 0 saturated carbocycles. The minimum absolute atomic E-state index is 0.323. The Hall–Kier alpha value is -3.87. The number of methoxy groups -OCH3 is 3. The molecule has 3 aromatic rings. The highest BCUT2D eigenvalue weighted by Crippen LogP contribution is 2.45. The van der Waals surface area contributed by atoms with Gasteiger partial charge in [-0.05, 0) is 35.9 Å². The van der Waals surface area contributed by atoms with Crippen LogP contribution >= 0.6 is 0 Å². The van der Waals surface area contributed by atoms with Gasteiger partial charge in [0.1, 0.15) is 5.82 Å². The molecule has 11 nitrogen and oxygen atoms in total. The van der Waals surface area contributed by atoms with E-state index in [4.69, 9.17) is 28.8 Å². The standard InChI is InChI=1S/C28H35FN4O7/c1-35-24-16-19-15-23-26(22(19)18-25(24)36-2)33(32-27(23)31-21-6-4-5-20(29)17-21)8-10-39-12-14-40-13-11-38-9-7-30-28(34)37-3/h4-6,16-18H,7-15H2,1-3H3,(H,30,34)(H,31,32). The second kappa shape index (κ2) is 14.5. The van der Waals surface area contributed by atoms with E-state index in [0.717, 1.165) is 22.4 Å². The van der Waals surface area contributed by atoms with E-state index in [1.54, 1.807) is 26.4 Å². The smallest absolute Gasteiger partial charge is 0.406 e. The van der Waals surface area contributed by atoms with Gasteiger partial charge in [-0.15, -0.1) is 0 Å². The second-order valence-corrected chi connectivity index (χ2v) is 8.83. The number of carbonyl (C=O) groups excluding carboxylic acids is 1. The second-order valence-electron chi connectivity index (χ2n) is 8.83. The van der Waals surface area contributed by atoms with E-state index in [1.807, 2.05) is 16.8 Å². The van der Waals surface area contributed by atoms with Gasteiger partial charge < -0.3 is 39.1 Å². The van der Waals surface area contributed by atoms with Crippen LogP contribution in [0.2, 0.25) is 0 Å². The minimum atomic E-state index is -0.486. The summed E-state index contributed by atoms with van der Waals surface area (Å²) in [6.07, 6.45) is 0.165. The number of hydrogen-bond donors (Lipinski definition) is 2. The van der Waals surface area contributed by atoms with Crippen LogP contribution < -0.4 is 20.1 Å². The van der Waals surface area contributed by atoms with Crippen LogP contribution in [0.4, 0.5) is 20.7 Å². The number of hydrogen-bond acceptors (Lipinski definition) is 9. The summed E-state index contributed by atoms with van der Waals surface area (Å²) in [6.45, 7) is 3.36. The number of halogens is 1. The molecule has 1 heterocycles. The summed E-state index contributed by atoms with van der Waals surface area (Å²) in [7, 11) is 4.54. The highest BCUT2D eigenvalue weighted by molar-refractivity contribution is 5.82. The van der Waals surface area contributed by atoms with Crippen LogP contribution in [0.15, 0.2) is 36.4 Å². The number of fused-ring (bicyclic) bond motifs is 3. The molecule has 0 atom stereocenters. The Balaban J connectivity index is 1.32.